The van der Waals surface area contributed by atoms with E-state index in [1.807, 2.05) is 24.3 Å². The highest BCUT2D eigenvalue weighted by atomic mass is 16.2. The maximum absolute atomic E-state index is 14.5. The zero-order chi connectivity index (χ0) is 47.6. The van der Waals surface area contributed by atoms with E-state index in [1.54, 1.807) is 48.8 Å². The van der Waals surface area contributed by atoms with E-state index in [0.717, 1.165) is 10.9 Å². The van der Waals surface area contributed by atoms with Crippen LogP contribution in [0.1, 0.15) is 89.2 Å². The van der Waals surface area contributed by atoms with Crippen molar-refractivity contribution >= 4 is 70.1 Å². The number of rotatable bonds is 12. The van der Waals surface area contributed by atoms with Gasteiger partial charge in [0, 0.05) is 81.0 Å². The van der Waals surface area contributed by atoms with Gasteiger partial charge in [0.25, 0.3) is 0 Å². The zero-order valence-corrected chi connectivity index (χ0v) is 37.4. The molecule has 1 fully saturated rings. The first-order valence-electron chi connectivity index (χ1n) is 22.3. The normalized spacial score (nSPS) is 23.1. The summed E-state index contributed by atoms with van der Waals surface area (Å²) in [5, 5.41) is 17.4. The second-order valence-electron chi connectivity index (χ2n) is 16.6. The molecule has 0 bridgehead atoms. The predicted molar refractivity (Wildman–Crippen MR) is 249 cm³/mol. The van der Waals surface area contributed by atoms with Crippen molar-refractivity contribution in [3.05, 3.63) is 83.7 Å². The average Bonchev–Trinajstić information content (AvgIpc) is 3.96. The molecule has 1 saturated heterocycles. The number of nitrogens with zero attached hydrogens (tertiary/aromatic N) is 2. The first kappa shape index (κ1) is 49.8. The number of guanidine groups is 1. The summed E-state index contributed by atoms with van der Waals surface area (Å²) in [6, 6.07) is 9.09. The van der Waals surface area contributed by atoms with Gasteiger partial charge in [-0.25, -0.2) is 0 Å². The fourth-order valence-corrected chi connectivity index (χ4v) is 7.88. The lowest BCUT2D eigenvalue weighted by molar-refractivity contribution is -0.135. The molecule has 2 aromatic carbocycles. The number of aromatic nitrogens is 1. The van der Waals surface area contributed by atoms with Crippen molar-refractivity contribution in [1.29, 1.82) is 0 Å². The maximum atomic E-state index is 14.5. The quantitative estimate of drug-likeness (QED) is 0.0711. The van der Waals surface area contributed by atoms with E-state index in [4.69, 9.17) is 11.5 Å². The summed E-state index contributed by atoms with van der Waals surface area (Å²) in [6.07, 6.45) is 6.77. The lowest BCUT2D eigenvalue weighted by atomic mass is 9.99. The van der Waals surface area contributed by atoms with Crippen molar-refractivity contribution in [1.82, 2.24) is 36.9 Å². The van der Waals surface area contributed by atoms with E-state index in [0.29, 0.717) is 36.1 Å². The Hall–Kier alpha value is -7.18. The molecule has 2 aliphatic heterocycles. The van der Waals surface area contributed by atoms with Crippen molar-refractivity contribution in [2.45, 2.75) is 127 Å². The fraction of sp³-hybridized carbons (Fsp3) is 0.447. The van der Waals surface area contributed by atoms with Gasteiger partial charge in [-0.05, 0) is 56.2 Å². The Labute approximate surface area is 383 Å². The highest BCUT2D eigenvalue weighted by Gasteiger charge is 2.34. The topological polar surface area (TPSA) is 301 Å². The van der Waals surface area contributed by atoms with Crippen LogP contribution < -0.4 is 43.4 Å². The summed E-state index contributed by atoms with van der Waals surface area (Å²) in [6.45, 7) is 2.69. The fourth-order valence-electron chi connectivity index (χ4n) is 7.88. The third-order valence-electron chi connectivity index (χ3n) is 11.4. The molecule has 6 amide bonds. The van der Waals surface area contributed by atoms with Gasteiger partial charge in [-0.1, -0.05) is 61.0 Å². The van der Waals surface area contributed by atoms with Crippen LogP contribution in [0.5, 0.6) is 0 Å². The van der Waals surface area contributed by atoms with Gasteiger partial charge in [0.1, 0.15) is 36.0 Å². The van der Waals surface area contributed by atoms with Gasteiger partial charge in [-0.2, -0.15) is 0 Å². The summed E-state index contributed by atoms with van der Waals surface area (Å²) in [7, 11) is 0. The second-order valence-corrected chi connectivity index (χ2v) is 16.6. The molecule has 3 aromatic rings. The van der Waals surface area contributed by atoms with Crippen LogP contribution in [0.15, 0.2) is 82.6 Å². The standard InChI is InChI=1S/C47H61N11O8/c1-28(59)35-17-8-6-15-33(61)20-21-38(53-29(2)60)43(63)58-41(26-32-14-10-22-50-32)46(66)56-39(24-30-12-4-3-5-13-30)44(64)55-37(19-11-23-51-47(48)49)42(62)57-40(45(65)54-35)25-31-27-52-36-18-9-7-16-34(31)36/h3-5,7,9,12-14,16,18,22,27,35,37-41,52H,6,8,10-11,15,17,19-21,23-26H2,1-2H3,(H,53,60)(H,54,65)(H,55,64)(H,56,66)(H,57,62)(H,58,63)(H4,48,49,51)/t35-,37-,38-,39+,40-,41-/m0/s1. The lowest BCUT2D eigenvalue weighted by Crippen LogP contribution is -2.60. The number of para-hydroxylation sites is 1. The van der Waals surface area contributed by atoms with Gasteiger partial charge < -0.3 is 48.4 Å². The number of fused-ring (bicyclic) bond motifs is 1. The minimum absolute atomic E-state index is 0.00590. The Kier molecular flexibility index (Phi) is 18.7. The number of carbonyl (C=O) groups is 8. The summed E-state index contributed by atoms with van der Waals surface area (Å²) < 4.78 is 0. The van der Waals surface area contributed by atoms with Crippen LogP contribution in [-0.4, -0.2) is 107 Å². The smallest absolute Gasteiger partial charge is 0.243 e. The van der Waals surface area contributed by atoms with E-state index >= 15 is 0 Å². The van der Waals surface area contributed by atoms with Gasteiger partial charge in [-0.3, -0.25) is 48.3 Å². The average molecular weight is 908 g/mol. The molecular weight excluding hydrogens is 847 g/mol. The molecule has 66 heavy (non-hydrogen) atoms. The Balaban J connectivity index is 1.53. The Morgan fingerprint density at radius 2 is 1.36 bits per heavy atom. The number of aliphatic imine (C=N–C) groups is 2. The molecule has 0 radical (unpaired) electrons. The minimum atomic E-state index is -1.31. The molecule has 6 atom stereocenters. The number of aromatic amines is 1. The number of carbonyl (C=O) groups excluding carboxylic acids is 8. The van der Waals surface area contributed by atoms with E-state index < -0.39 is 71.7 Å². The monoisotopic (exact) mass is 907 g/mol. The first-order valence-corrected chi connectivity index (χ1v) is 22.3. The van der Waals surface area contributed by atoms with Crippen molar-refractivity contribution < 1.29 is 38.4 Å². The van der Waals surface area contributed by atoms with Crippen LogP contribution in [0.2, 0.25) is 0 Å². The molecule has 11 N–H and O–H groups in total. The van der Waals surface area contributed by atoms with Crippen LogP contribution in [0.25, 0.3) is 10.9 Å². The Morgan fingerprint density at radius 3 is 2.05 bits per heavy atom. The van der Waals surface area contributed by atoms with Crippen molar-refractivity contribution in [2.75, 3.05) is 6.54 Å². The summed E-state index contributed by atoms with van der Waals surface area (Å²) in [4.78, 5) is 121. The van der Waals surface area contributed by atoms with E-state index in [-0.39, 0.29) is 81.9 Å². The minimum Gasteiger partial charge on any atom is -0.370 e. The maximum Gasteiger partial charge on any atom is 0.243 e. The van der Waals surface area contributed by atoms with Crippen LogP contribution >= 0.6 is 0 Å². The van der Waals surface area contributed by atoms with Crippen LogP contribution in [0.3, 0.4) is 0 Å². The molecule has 3 heterocycles. The molecule has 1 aromatic heterocycles. The van der Waals surface area contributed by atoms with Crippen molar-refractivity contribution in [3.8, 4) is 0 Å². The number of allylic oxidation sites excluding steroid dienone is 1. The third kappa shape index (κ3) is 15.5. The number of nitrogens with one attached hydrogen (secondary N) is 7. The summed E-state index contributed by atoms with van der Waals surface area (Å²) in [5.41, 5.74) is 13.8. The van der Waals surface area contributed by atoms with Gasteiger partial charge in [0.15, 0.2) is 11.7 Å². The number of hydrogen-bond acceptors (Lipinski definition) is 10. The number of ketones is 2. The molecule has 0 aliphatic carbocycles. The molecule has 0 unspecified atom stereocenters. The van der Waals surface area contributed by atoms with Gasteiger partial charge >= 0.3 is 0 Å². The number of nitrogens with two attached hydrogens (primary N) is 2. The molecule has 19 nitrogen and oxygen atoms in total. The molecule has 2 aliphatic rings. The SMILES string of the molecule is CC(=O)N[C@H]1CCC(=O)CCCC[C@@H](C(C)=O)NC(=O)[C@H](Cc2c[nH]c3ccccc23)NC(=O)[C@H](CCCN=C(N)N)NC(=O)[C@@H](Cc2ccccc2)NC(=O)[C@H](CC2=CCC=N2)NC1=O. The van der Waals surface area contributed by atoms with E-state index in [9.17, 15) is 38.4 Å². The van der Waals surface area contributed by atoms with Crippen molar-refractivity contribution in [3.63, 3.8) is 0 Å². The number of amides is 6. The summed E-state index contributed by atoms with van der Waals surface area (Å²) >= 11 is 0. The van der Waals surface area contributed by atoms with Crippen LogP contribution in [-0.2, 0) is 51.2 Å². The van der Waals surface area contributed by atoms with E-state index in [2.05, 4.69) is 46.9 Å². The third-order valence-corrected chi connectivity index (χ3v) is 11.4. The van der Waals surface area contributed by atoms with Gasteiger partial charge in [0.2, 0.25) is 35.4 Å². The van der Waals surface area contributed by atoms with E-state index in [1.165, 1.54) is 13.8 Å². The number of H-pyrrole nitrogens is 1. The van der Waals surface area contributed by atoms with Gasteiger partial charge in [0.05, 0.1) is 6.04 Å². The first-order chi connectivity index (χ1) is 31.7. The molecule has 0 spiro atoms. The predicted octanol–water partition coefficient (Wildman–Crippen LogP) is 1.20. The summed E-state index contributed by atoms with van der Waals surface area (Å²) in [5.74, 6) is -4.80. The number of Topliss-reactive ketones (excluding diaryl/α,β-unsaturated/α-hetero) is 2. The molecule has 352 valence electrons. The zero-order valence-electron chi connectivity index (χ0n) is 37.4. The number of benzene rings is 2. The largest absolute Gasteiger partial charge is 0.370 e. The van der Waals surface area contributed by atoms with Gasteiger partial charge in [-0.15, -0.1) is 0 Å². The van der Waals surface area contributed by atoms with Crippen LogP contribution in [0.4, 0.5) is 0 Å². The van der Waals surface area contributed by atoms with Crippen molar-refractivity contribution in [2.24, 2.45) is 21.5 Å². The molecule has 0 saturated carbocycles. The lowest BCUT2D eigenvalue weighted by Gasteiger charge is -2.28. The number of hydrogen-bond donors (Lipinski definition) is 9. The molecular formula is C47H61N11O8. The molecule has 5 rings (SSSR count). The van der Waals surface area contributed by atoms with Crippen LogP contribution in [0, 0.1) is 0 Å². The Morgan fingerprint density at radius 1 is 0.727 bits per heavy atom. The second kappa shape index (κ2) is 24.8. The highest BCUT2D eigenvalue weighted by Crippen LogP contribution is 2.20. The Bertz CT molecular complexity index is 2320. The molecule has 19 heteroatoms. The highest BCUT2D eigenvalue weighted by molar-refractivity contribution is 5.98.